The third kappa shape index (κ3) is 6.19. The molecule has 1 aliphatic rings. The third-order valence-corrected chi connectivity index (χ3v) is 5.28. The van der Waals surface area contributed by atoms with E-state index in [9.17, 15) is 9.18 Å². The lowest BCUT2D eigenvalue weighted by atomic mass is 10.0. The van der Waals surface area contributed by atoms with Crippen LogP contribution < -0.4 is 14.8 Å². The Hall–Kier alpha value is -2.60. The number of halogens is 1. The van der Waals surface area contributed by atoms with Gasteiger partial charge in [0.1, 0.15) is 5.75 Å². The molecular formula is C23H29FN2O3. The van der Waals surface area contributed by atoms with Gasteiger partial charge in [0, 0.05) is 25.7 Å². The van der Waals surface area contributed by atoms with Crippen molar-refractivity contribution in [3.05, 3.63) is 59.4 Å². The SMILES string of the molecule is CCc1ccc(OCC(=O)NC2CCN(Cc3ccc(OC)c(F)c3)CC2)cc1. The third-order valence-electron chi connectivity index (χ3n) is 5.28. The van der Waals surface area contributed by atoms with Crippen molar-refractivity contribution in [2.75, 3.05) is 26.8 Å². The second kappa shape index (κ2) is 10.3. The Labute approximate surface area is 171 Å². The van der Waals surface area contributed by atoms with Gasteiger partial charge in [0.25, 0.3) is 5.91 Å². The molecule has 1 aliphatic heterocycles. The second-order valence-corrected chi connectivity index (χ2v) is 7.37. The molecule has 3 rings (SSSR count). The van der Waals surface area contributed by atoms with E-state index in [0.29, 0.717) is 12.3 Å². The van der Waals surface area contributed by atoms with Gasteiger partial charge in [-0.2, -0.15) is 0 Å². The largest absolute Gasteiger partial charge is 0.494 e. The van der Waals surface area contributed by atoms with E-state index >= 15 is 0 Å². The molecule has 0 saturated carbocycles. The number of hydrogen-bond donors (Lipinski definition) is 1. The Balaban J connectivity index is 1.38. The molecule has 2 aromatic rings. The van der Waals surface area contributed by atoms with Gasteiger partial charge >= 0.3 is 0 Å². The number of carbonyl (C=O) groups excluding carboxylic acids is 1. The van der Waals surface area contributed by atoms with E-state index < -0.39 is 0 Å². The lowest BCUT2D eigenvalue weighted by Gasteiger charge is -2.32. The molecule has 156 valence electrons. The summed E-state index contributed by atoms with van der Waals surface area (Å²) in [7, 11) is 1.46. The first-order valence-corrected chi connectivity index (χ1v) is 10.1. The van der Waals surface area contributed by atoms with Crippen molar-refractivity contribution in [2.45, 2.75) is 38.8 Å². The first kappa shape index (κ1) is 21.1. The number of nitrogens with one attached hydrogen (secondary N) is 1. The van der Waals surface area contributed by atoms with Crippen molar-refractivity contribution in [3.8, 4) is 11.5 Å². The van der Waals surface area contributed by atoms with Crippen molar-refractivity contribution < 1.29 is 18.7 Å². The van der Waals surface area contributed by atoms with Gasteiger partial charge in [-0.3, -0.25) is 9.69 Å². The van der Waals surface area contributed by atoms with Gasteiger partial charge in [0.2, 0.25) is 0 Å². The molecule has 0 bridgehead atoms. The highest BCUT2D eigenvalue weighted by Crippen LogP contribution is 2.20. The van der Waals surface area contributed by atoms with Crippen LogP contribution in [-0.4, -0.2) is 43.7 Å². The number of aryl methyl sites for hydroxylation is 1. The minimum Gasteiger partial charge on any atom is -0.494 e. The van der Waals surface area contributed by atoms with Crippen LogP contribution in [0.3, 0.4) is 0 Å². The number of benzene rings is 2. The molecule has 29 heavy (non-hydrogen) atoms. The molecule has 5 nitrogen and oxygen atoms in total. The maximum absolute atomic E-state index is 13.8. The lowest BCUT2D eigenvalue weighted by molar-refractivity contribution is -0.124. The van der Waals surface area contributed by atoms with Crippen LogP contribution in [0.1, 0.15) is 30.9 Å². The van der Waals surface area contributed by atoms with Crippen LogP contribution in [0.15, 0.2) is 42.5 Å². The van der Waals surface area contributed by atoms with Gasteiger partial charge in [-0.15, -0.1) is 0 Å². The minimum atomic E-state index is -0.337. The molecule has 0 radical (unpaired) electrons. The number of carbonyl (C=O) groups is 1. The van der Waals surface area contributed by atoms with E-state index in [1.807, 2.05) is 30.3 Å². The van der Waals surface area contributed by atoms with E-state index in [1.165, 1.54) is 18.7 Å². The number of nitrogens with zero attached hydrogens (tertiary/aromatic N) is 1. The Bertz CT molecular complexity index is 802. The summed E-state index contributed by atoms with van der Waals surface area (Å²) in [5.41, 5.74) is 2.17. The fraction of sp³-hybridized carbons (Fsp3) is 0.435. The maximum Gasteiger partial charge on any atom is 0.258 e. The van der Waals surface area contributed by atoms with Crippen LogP contribution in [0.4, 0.5) is 4.39 Å². The van der Waals surface area contributed by atoms with Crippen LogP contribution >= 0.6 is 0 Å². The molecule has 1 amide bonds. The van der Waals surface area contributed by atoms with Gasteiger partial charge in [-0.1, -0.05) is 25.1 Å². The molecule has 1 heterocycles. The predicted octanol–water partition coefficient (Wildman–Crippen LogP) is 3.56. The molecular weight excluding hydrogens is 371 g/mol. The summed E-state index contributed by atoms with van der Waals surface area (Å²) in [6, 6.07) is 13.0. The van der Waals surface area contributed by atoms with Crippen LogP contribution in [-0.2, 0) is 17.8 Å². The predicted molar refractivity (Wildman–Crippen MR) is 111 cm³/mol. The summed E-state index contributed by atoms with van der Waals surface area (Å²) in [4.78, 5) is 14.4. The van der Waals surface area contributed by atoms with E-state index in [1.54, 1.807) is 6.07 Å². The van der Waals surface area contributed by atoms with Crippen LogP contribution in [0, 0.1) is 5.82 Å². The van der Waals surface area contributed by atoms with E-state index in [0.717, 1.165) is 37.9 Å². The number of hydrogen-bond acceptors (Lipinski definition) is 4. The fourth-order valence-corrected chi connectivity index (χ4v) is 3.54. The number of piperidine rings is 1. The first-order valence-electron chi connectivity index (χ1n) is 10.1. The van der Waals surface area contributed by atoms with Gasteiger partial charge in [-0.05, 0) is 54.7 Å². The van der Waals surface area contributed by atoms with Crippen molar-refractivity contribution in [2.24, 2.45) is 0 Å². The summed E-state index contributed by atoms with van der Waals surface area (Å²) < 4.78 is 24.4. The van der Waals surface area contributed by atoms with E-state index in [2.05, 4.69) is 17.1 Å². The lowest BCUT2D eigenvalue weighted by Crippen LogP contribution is -2.45. The number of rotatable bonds is 8. The summed E-state index contributed by atoms with van der Waals surface area (Å²) in [5.74, 6) is 0.536. The summed E-state index contributed by atoms with van der Waals surface area (Å²) >= 11 is 0. The summed E-state index contributed by atoms with van der Waals surface area (Å²) in [6.07, 6.45) is 2.72. The summed E-state index contributed by atoms with van der Waals surface area (Å²) in [5, 5.41) is 3.05. The Morgan fingerprint density at radius 2 is 1.83 bits per heavy atom. The molecule has 0 atom stereocenters. The maximum atomic E-state index is 13.8. The van der Waals surface area contributed by atoms with Crippen molar-refractivity contribution in [3.63, 3.8) is 0 Å². The van der Waals surface area contributed by atoms with Crippen LogP contribution in [0.25, 0.3) is 0 Å². The number of amides is 1. The van der Waals surface area contributed by atoms with Crippen LogP contribution in [0.5, 0.6) is 11.5 Å². The van der Waals surface area contributed by atoms with Gasteiger partial charge < -0.3 is 14.8 Å². The van der Waals surface area contributed by atoms with Crippen molar-refractivity contribution >= 4 is 5.91 Å². The standard InChI is InChI=1S/C23H29FN2O3/c1-3-17-4-7-20(8-5-17)29-16-23(27)25-19-10-12-26(13-11-19)15-18-6-9-22(28-2)21(24)14-18/h4-9,14,19H,3,10-13,15-16H2,1-2H3,(H,25,27). The molecule has 0 spiro atoms. The van der Waals surface area contributed by atoms with Gasteiger partial charge in [-0.25, -0.2) is 4.39 Å². The fourth-order valence-electron chi connectivity index (χ4n) is 3.54. The highest BCUT2D eigenvalue weighted by atomic mass is 19.1. The average Bonchev–Trinajstić information content (AvgIpc) is 2.74. The molecule has 0 aliphatic carbocycles. The molecule has 1 saturated heterocycles. The summed E-state index contributed by atoms with van der Waals surface area (Å²) in [6.45, 7) is 4.54. The van der Waals surface area contributed by atoms with Gasteiger partial charge in [0.15, 0.2) is 18.2 Å². The average molecular weight is 400 g/mol. The zero-order valence-electron chi connectivity index (χ0n) is 17.1. The Morgan fingerprint density at radius 1 is 1.14 bits per heavy atom. The highest BCUT2D eigenvalue weighted by Gasteiger charge is 2.21. The van der Waals surface area contributed by atoms with Crippen LogP contribution in [0.2, 0.25) is 0 Å². The Kier molecular flexibility index (Phi) is 7.47. The number of ether oxygens (including phenoxy) is 2. The monoisotopic (exact) mass is 400 g/mol. The first-order chi connectivity index (χ1) is 14.1. The quantitative estimate of drug-likeness (QED) is 0.736. The normalized spacial score (nSPS) is 15.1. The molecule has 1 N–H and O–H groups in total. The molecule has 2 aromatic carbocycles. The highest BCUT2D eigenvalue weighted by molar-refractivity contribution is 5.77. The smallest absolute Gasteiger partial charge is 0.258 e. The zero-order valence-corrected chi connectivity index (χ0v) is 17.1. The molecule has 1 fully saturated rings. The van der Waals surface area contributed by atoms with E-state index in [-0.39, 0.29) is 30.1 Å². The number of likely N-dealkylation sites (tertiary alicyclic amines) is 1. The second-order valence-electron chi connectivity index (χ2n) is 7.37. The van der Waals surface area contributed by atoms with Crippen molar-refractivity contribution in [1.29, 1.82) is 0 Å². The minimum absolute atomic E-state index is 0.0246. The Morgan fingerprint density at radius 3 is 2.45 bits per heavy atom. The molecule has 0 aromatic heterocycles. The van der Waals surface area contributed by atoms with E-state index in [4.69, 9.17) is 9.47 Å². The van der Waals surface area contributed by atoms with Crippen molar-refractivity contribution in [1.82, 2.24) is 10.2 Å². The zero-order chi connectivity index (χ0) is 20.6. The molecule has 6 heteroatoms. The van der Waals surface area contributed by atoms with Gasteiger partial charge in [0.05, 0.1) is 7.11 Å². The molecule has 0 unspecified atom stereocenters. The topological polar surface area (TPSA) is 50.8 Å². The number of methoxy groups -OCH3 is 1.